The number of rotatable bonds is 8. The van der Waals surface area contributed by atoms with E-state index in [0.29, 0.717) is 17.4 Å². The number of carboxylic acid groups (broad SMARTS) is 2. The van der Waals surface area contributed by atoms with E-state index in [9.17, 15) is 4.79 Å². The molecular formula is C24H26Cl3N3O5. The summed E-state index contributed by atoms with van der Waals surface area (Å²) in [6.07, 6.45) is 1.83. The van der Waals surface area contributed by atoms with Crippen LogP contribution in [0.3, 0.4) is 0 Å². The Morgan fingerprint density at radius 3 is 2.23 bits per heavy atom. The van der Waals surface area contributed by atoms with Gasteiger partial charge in [0.05, 0.1) is 30.5 Å². The molecule has 0 radical (unpaired) electrons. The highest BCUT2D eigenvalue weighted by molar-refractivity contribution is 6.66. The van der Waals surface area contributed by atoms with E-state index in [0.717, 1.165) is 32.5 Å². The van der Waals surface area contributed by atoms with Crippen LogP contribution < -0.4 is 15.6 Å². The second kappa shape index (κ2) is 13.4. The zero-order valence-electron chi connectivity index (χ0n) is 19.0. The number of hydrogen-bond acceptors (Lipinski definition) is 5. The van der Waals surface area contributed by atoms with Crippen molar-refractivity contribution in [3.05, 3.63) is 76.3 Å². The van der Waals surface area contributed by atoms with Gasteiger partial charge >= 0.3 is 5.97 Å². The van der Waals surface area contributed by atoms with Crippen molar-refractivity contribution in [2.24, 2.45) is 0 Å². The summed E-state index contributed by atoms with van der Waals surface area (Å²) in [5.74, 6) is -3.83. The van der Waals surface area contributed by atoms with Crippen LogP contribution in [0, 0.1) is 0 Å². The predicted molar refractivity (Wildman–Crippen MR) is 134 cm³/mol. The molecule has 35 heavy (non-hydrogen) atoms. The van der Waals surface area contributed by atoms with Gasteiger partial charge < -0.3 is 19.9 Å². The number of benzene rings is 2. The molecule has 0 aliphatic carbocycles. The van der Waals surface area contributed by atoms with Crippen molar-refractivity contribution in [1.82, 2.24) is 9.55 Å². The number of aliphatic carboxylic acids is 2. The van der Waals surface area contributed by atoms with Crippen LogP contribution in [0.5, 0.6) is 0 Å². The second-order valence-electron chi connectivity index (χ2n) is 7.69. The maximum atomic E-state index is 13.0. The average Bonchev–Trinajstić information content (AvgIpc) is 2.82. The number of para-hydroxylation sites is 1. The van der Waals surface area contributed by atoms with Gasteiger partial charge in [0.2, 0.25) is 3.79 Å². The summed E-state index contributed by atoms with van der Waals surface area (Å²) in [7, 11) is 0. The molecule has 0 fully saturated rings. The van der Waals surface area contributed by atoms with Crippen molar-refractivity contribution in [3.63, 3.8) is 0 Å². The number of carboxylic acids is 2. The van der Waals surface area contributed by atoms with Crippen molar-refractivity contribution < 1.29 is 24.7 Å². The molecule has 0 aliphatic heterocycles. The zero-order chi connectivity index (χ0) is 26.0. The van der Waals surface area contributed by atoms with Crippen molar-refractivity contribution >= 4 is 57.6 Å². The number of nitrogens with zero attached hydrogens (tertiary/aromatic N) is 2. The van der Waals surface area contributed by atoms with E-state index in [1.807, 2.05) is 18.2 Å². The summed E-state index contributed by atoms with van der Waals surface area (Å²) >= 11 is 18.4. The van der Waals surface area contributed by atoms with E-state index in [-0.39, 0.29) is 11.4 Å². The van der Waals surface area contributed by atoms with Gasteiger partial charge in [-0.3, -0.25) is 9.36 Å². The first kappa shape index (κ1) is 28.6. The molecule has 2 aromatic carbocycles. The molecular weight excluding hydrogens is 517 g/mol. The fraction of sp³-hybridized carbons (Fsp3) is 0.333. The quantitative estimate of drug-likeness (QED) is 0.330. The Hall–Kier alpha value is -2.65. The van der Waals surface area contributed by atoms with Gasteiger partial charge in [-0.05, 0) is 24.6 Å². The third-order valence-corrected chi connectivity index (χ3v) is 5.82. The topological polar surface area (TPSA) is 117 Å². The van der Waals surface area contributed by atoms with Crippen LogP contribution in [0.15, 0.2) is 59.4 Å². The summed E-state index contributed by atoms with van der Waals surface area (Å²) in [6.45, 7) is 5.64. The van der Waals surface area contributed by atoms with Crippen LogP contribution in [0.25, 0.3) is 10.9 Å². The molecule has 1 aromatic heterocycles. The molecule has 1 unspecified atom stereocenters. The van der Waals surface area contributed by atoms with Crippen LogP contribution in [-0.4, -0.2) is 46.2 Å². The van der Waals surface area contributed by atoms with Crippen LogP contribution in [0.4, 0.5) is 0 Å². The number of carbonyl (C=O) groups is 2. The molecule has 0 spiro atoms. The molecule has 0 amide bonds. The molecule has 2 N–H and O–H groups in total. The molecule has 11 heteroatoms. The Bertz CT molecular complexity index is 1180. The maximum Gasteiger partial charge on any atom is 0.351 e. The van der Waals surface area contributed by atoms with Crippen molar-refractivity contribution in [1.29, 1.82) is 0 Å². The first-order valence-corrected chi connectivity index (χ1v) is 12.1. The lowest BCUT2D eigenvalue weighted by Crippen LogP contribution is -3.12. The smallest absolute Gasteiger partial charge is 0.351 e. The molecule has 1 atom stereocenters. The van der Waals surface area contributed by atoms with E-state index < -0.39 is 15.7 Å². The Morgan fingerprint density at radius 1 is 1.06 bits per heavy atom. The van der Waals surface area contributed by atoms with E-state index in [4.69, 9.17) is 54.6 Å². The third-order valence-electron chi connectivity index (χ3n) is 5.31. The number of alkyl halides is 3. The molecule has 0 aliphatic rings. The maximum absolute atomic E-state index is 13.0. The van der Waals surface area contributed by atoms with E-state index >= 15 is 0 Å². The van der Waals surface area contributed by atoms with Crippen LogP contribution in [0.1, 0.15) is 24.7 Å². The molecule has 1 heterocycles. The number of quaternary nitrogens is 1. The van der Waals surface area contributed by atoms with Crippen molar-refractivity contribution in [3.8, 4) is 0 Å². The summed E-state index contributed by atoms with van der Waals surface area (Å²) < 4.78 is -0.242. The van der Waals surface area contributed by atoms with E-state index in [2.05, 4.69) is 36.2 Å². The molecule has 0 saturated heterocycles. The number of hydrogen-bond donors (Lipinski definition) is 2. The van der Waals surface area contributed by atoms with Gasteiger partial charge in [-0.2, -0.15) is 0 Å². The number of nitrogens with one attached hydrogen (secondary N) is 1. The Labute approximate surface area is 217 Å². The Kier molecular flexibility index (Phi) is 11.0. The summed E-state index contributed by atoms with van der Waals surface area (Å²) in [4.78, 5) is 37.0. The van der Waals surface area contributed by atoms with E-state index in [1.165, 1.54) is 15.0 Å². The number of likely N-dealkylation sites (N-methyl/N-ethyl adjacent to an activating group) is 1. The number of carbonyl (C=O) groups excluding carboxylic acids is 1. The molecule has 3 rings (SSSR count). The van der Waals surface area contributed by atoms with Crippen LogP contribution >= 0.6 is 34.8 Å². The van der Waals surface area contributed by atoms with Gasteiger partial charge in [-0.1, -0.05) is 77.3 Å². The van der Waals surface area contributed by atoms with Crippen LogP contribution in [-0.2, 0) is 26.3 Å². The lowest BCUT2D eigenvalue weighted by atomic mass is 10.1. The number of aromatic nitrogens is 2. The molecule has 8 nitrogen and oxygen atoms in total. The molecule has 3 aromatic rings. The van der Waals surface area contributed by atoms with Gasteiger partial charge in [-0.25, -0.2) is 9.78 Å². The minimum Gasteiger partial charge on any atom is -0.539 e. The first-order valence-electron chi connectivity index (χ1n) is 10.9. The minimum absolute atomic E-state index is 0.167. The monoisotopic (exact) mass is 541 g/mol. The van der Waals surface area contributed by atoms with Crippen molar-refractivity contribution in [2.75, 3.05) is 19.6 Å². The number of fused-ring (bicyclic) bond motifs is 1. The standard InChI is InChI=1S/C22H24Cl3N3O.C2H2O4/c1-2-27(16-13-17-9-4-3-5-10-17)14-8-15-28-20(29)18-11-6-7-12-19(18)26-21(28)22(23,24)25;3-1(4)2(5)6/h3-7,9-12H,2,8,13-16H2,1H3;(H,3,4)(H,5,6). The minimum atomic E-state index is -2.07. The molecule has 188 valence electrons. The SMILES string of the molecule is CC[NH+](CCCn1c(C(Cl)(Cl)Cl)nc2ccccc2c1=O)CCc1ccccc1.O=C([O-])C(=O)O. The lowest BCUT2D eigenvalue weighted by molar-refractivity contribution is -0.898. The summed E-state index contributed by atoms with van der Waals surface area (Å²) in [6, 6.07) is 17.6. The third kappa shape index (κ3) is 8.81. The lowest BCUT2D eigenvalue weighted by Gasteiger charge is -2.20. The number of halogens is 3. The highest BCUT2D eigenvalue weighted by Gasteiger charge is 2.30. The fourth-order valence-electron chi connectivity index (χ4n) is 3.52. The highest BCUT2D eigenvalue weighted by Crippen LogP contribution is 2.36. The summed E-state index contributed by atoms with van der Waals surface area (Å²) in [5.41, 5.74) is 1.71. The van der Waals surface area contributed by atoms with Gasteiger partial charge in [0.25, 0.3) is 5.56 Å². The Morgan fingerprint density at radius 2 is 1.66 bits per heavy atom. The largest absolute Gasteiger partial charge is 0.539 e. The molecule has 0 saturated carbocycles. The normalized spacial score (nSPS) is 12.0. The van der Waals surface area contributed by atoms with E-state index in [1.54, 1.807) is 12.1 Å². The van der Waals surface area contributed by atoms with Gasteiger partial charge in [0.1, 0.15) is 0 Å². The van der Waals surface area contributed by atoms with Crippen LogP contribution in [0.2, 0.25) is 0 Å². The summed E-state index contributed by atoms with van der Waals surface area (Å²) in [5, 5.41) is 16.9. The molecule has 0 bridgehead atoms. The van der Waals surface area contributed by atoms with Crippen molar-refractivity contribution in [2.45, 2.75) is 30.1 Å². The zero-order valence-corrected chi connectivity index (χ0v) is 21.3. The Balaban J connectivity index is 0.000000641. The fourth-order valence-corrected chi connectivity index (χ4v) is 3.96. The highest BCUT2D eigenvalue weighted by atomic mass is 35.6. The van der Waals surface area contributed by atoms with Gasteiger partial charge in [-0.15, -0.1) is 0 Å². The van der Waals surface area contributed by atoms with Gasteiger partial charge in [0, 0.05) is 19.4 Å². The van der Waals surface area contributed by atoms with Gasteiger partial charge in [0.15, 0.2) is 11.8 Å². The predicted octanol–water partition coefficient (Wildman–Crippen LogP) is 1.58. The first-order chi connectivity index (χ1) is 16.5. The average molecular weight is 543 g/mol. The second-order valence-corrected chi connectivity index (χ2v) is 9.97.